The summed E-state index contributed by atoms with van der Waals surface area (Å²) in [7, 11) is 0. The highest BCUT2D eigenvalue weighted by Crippen LogP contribution is 2.48. The summed E-state index contributed by atoms with van der Waals surface area (Å²) >= 11 is 1.31. The number of alkyl halides is 2. The summed E-state index contributed by atoms with van der Waals surface area (Å²) in [6.07, 6.45) is 3.40. The number of carbonyl (C=O) groups is 1. The molecule has 0 atom stereocenters. The second kappa shape index (κ2) is 15.0. The molecule has 0 saturated heterocycles. The number of hydrogen-bond donors (Lipinski definition) is 1. The Hall–Kier alpha value is -5.54. The maximum Gasteiger partial charge on any atom is 0.257 e. The van der Waals surface area contributed by atoms with Crippen LogP contribution in [-0.2, 0) is 22.6 Å². The molecule has 2 aromatic carbocycles. The Morgan fingerprint density at radius 3 is 2.71 bits per heavy atom. The molecule has 7 rings (SSSR count). The van der Waals surface area contributed by atoms with Gasteiger partial charge in [-0.05, 0) is 35.7 Å². The van der Waals surface area contributed by atoms with Crippen LogP contribution in [-0.4, -0.2) is 77.7 Å². The largest absolute Gasteiger partial charge is 0.490 e. The average molecular weight is 733 g/mol. The molecule has 15 heteroatoms. The maximum absolute atomic E-state index is 16.2. The maximum atomic E-state index is 16.2. The van der Waals surface area contributed by atoms with E-state index in [1.807, 2.05) is 11.4 Å². The number of halogens is 4. The minimum absolute atomic E-state index is 0.00120. The molecule has 52 heavy (non-hydrogen) atoms. The zero-order chi connectivity index (χ0) is 36.4. The fraction of sp³-hybridized carbons (Fsp3) is 0.243. The van der Waals surface area contributed by atoms with Gasteiger partial charge in [-0.25, -0.2) is 22.5 Å². The van der Waals surface area contributed by atoms with Gasteiger partial charge in [0.25, 0.3) is 6.43 Å². The van der Waals surface area contributed by atoms with Gasteiger partial charge < -0.3 is 24.8 Å². The third-order valence-corrected chi connectivity index (χ3v) is 9.45. The summed E-state index contributed by atoms with van der Waals surface area (Å²) in [6, 6.07) is 8.75. The quantitative estimate of drug-likeness (QED) is 0.0687. The van der Waals surface area contributed by atoms with Crippen molar-refractivity contribution in [3.63, 3.8) is 0 Å². The first-order valence-electron chi connectivity index (χ1n) is 16.3. The van der Waals surface area contributed by atoms with Crippen molar-refractivity contribution in [1.82, 2.24) is 19.7 Å². The highest BCUT2D eigenvalue weighted by atomic mass is 32.1. The Bertz CT molecular complexity index is 2230. The van der Waals surface area contributed by atoms with E-state index in [4.69, 9.17) is 30.0 Å². The van der Waals surface area contributed by atoms with Crippen molar-refractivity contribution in [3.05, 3.63) is 89.5 Å². The van der Waals surface area contributed by atoms with Gasteiger partial charge in [-0.1, -0.05) is 12.7 Å². The van der Waals surface area contributed by atoms with E-state index < -0.39 is 24.6 Å². The number of fused-ring (bicyclic) bond motifs is 5. The van der Waals surface area contributed by atoms with Gasteiger partial charge in [-0.3, -0.25) is 14.5 Å². The first kappa shape index (κ1) is 34.9. The molecule has 0 saturated carbocycles. The molecule has 0 fully saturated rings. The smallest absolute Gasteiger partial charge is 0.257 e. The second-order valence-electron chi connectivity index (χ2n) is 11.9. The molecule has 0 aliphatic carbocycles. The van der Waals surface area contributed by atoms with E-state index in [-0.39, 0.29) is 61.6 Å². The number of nitrogen functional groups attached to an aromatic ring is 1. The molecule has 5 heterocycles. The van der Waals surface area contributed by atoms with Gasteiger partial charge in [0, 0.05) is 63.4 Å². The molecule has 2 aliphatic heterocycles. The van der Waals surface area contributed by atoms with Crippen LogP contribution in [0, 0.1) is 11.6 Å². The van der Waals surface area contributed by atoms with Crippen molar-refractivity contribution >= 4 is 39.2 Å². The lowest BCUT2D eigenvalue weighted by molar-refractivity contribution is -0.127. The molecule has 10 nitrogen and oxygen atoms in total. The summed E-state index contributed by atoms with van der Waals surface area (Å²) < 4.78 is 77.2. The third-order valence-electron chi connectivity index (χ3n) is 8.52. The molecule has 3 aromatic heterocycles. The molecule has 0 spiro atoms. The van der Waals surface area contributed by atoms with Gasteiger partial charge in [0.2, 0.25) is 5.91 Å². The van der Waals surface area contributed by atoms with E-state index in [0.717, 1.165) is 12.1 Å². The zero-order valence-corrected chi connectivity index (χ0v) is 28.5. The first-order chi connectivity index (χ1) is 25.2. The van der Waals surface area contributed by atoms with E-state index in [1.165, 1.54) is 23.6 Å². The van der Waals surface area contributed by atoms with Gasteiger partial charge in [0.15, 0.2) is 0 Å². The lowest BCUT2D eigenvalue weighted by atomic mass is 9.95. The van der Waals surface area contributed by atoms with E-state index >= 15 is 4.39 Å². The first-order valence-corrected chi connectivity index (χ1v) is 17.2. The second-order valence-corrected chi connectivity index (χ2v) is 12.8. The number of hydrogen-bond acceptors (Lipinski definition) is 9. The van der Waals surface area contributed by atoms with E-state index in [1.54, 1.807) is 39.9 Å². The Morgan fingerprint density at radius 1 is 1.04 bits per heavy atom. The summed E-state index contributed by atoms with van der Waals surface area (Å²) in [5.41, 5.74) is 9.47. The number of rotatable bonds is 5. The number of benzene rings is 2. The molecule has 5 aromatic rings. The van der Waals surface area contributed by atoms with Crippen LogP contribution in [0.5, 0.6) is 11.5 Å². The predicted molar refractivity (Wildman–Crippen MR) is 191 cm³/mol. The monoisotopic (exact) mass is 732 g/mol. The van der Waals surface area contributed by atoms with E-state index in [2.05, 4.69) is 11.6 Å². The van der Waals surface area contributed by atoms with Crippen molar-refractivity contribution in [2.75, 3.05) is 45.3 Å². The normalized spacial score (nSPS) is 15.5. The van der Waals surface area contributed by atoms with Crippen LogP contribution in [0.3, 0.4) is 0 Å². The van der Waals surface area contributed by atoms with Gasteiger partial charge in [-0.2, -0.15) is 5.10 Å². The standard InChI is InChI=1S/C37H32F4N6O4S/c1-2-32(48)46-6-7-47-23(20-46)16-28(45-47)36-34-33-26(39)14-22(38)15-30(33)51-11-10-49-8-3-4-9-50-29-17-27(42)21(18-43-19-31(40)41)13-25(29)35(44-36)24-5-12-52-37(24)34/h2-5,12-18,31H,1,6-11,19-20,42H2/b4-3+,43-18?. The molecule has 2 bridgehead atoms. The van der Waals surface area contributed by atoms with Crippen molar-refractivity contribution < 1.29 is 36.6 Å². The van der Waals surface area contributed by atoms with Crippen molar-refractivity contribution in [2.45, 2.75) is 19.5 Å². The molecule has 2 aliphatic rings. The molecule has 2 N–H and O–H groups in total. The summed E-state index contributed by atoms with van der Waals surface area (Å²) in [5.74, 6) is -1.63. The van der Waals surface area contributed by atoms with Crippen molar-refractivity contribution in [2.24, 2.45) is 4.99 Å². The summed E-state index contributed by atoms with van der Waals surface area (Å²) in [6.45, 7) is 4.43. The molecule has 0 unspecified atom stereocenters. The van der Waals surface area contributed by atoms with Crippen molar-refractivity contribution in [3.8, 4) is 45.3 Å². The molecule has 0 radical (unpaired) electrons. The molecular weight excluding hydrogens is 701 g/mol. The minimum Gasteiger partial charge on any atom is -0.490 e. The van der Waals surface area contributed by atoms with Crippen LogP contribution in [0.15, 0.2) is 71.6 Å². The zero-order valence-electron chi connectivity index (χ0n) is 27.7. The number of ether oxygens (including phenoxy) is 3. The fourth-order valence-electron chi connectivity index (χ4n) is 6.15. The number of thiophene rings is 1. The number of carbonyl (C=O) groups excluding carboxylic acids is 1. The number of nitrogens with two attached hydrogens (primary N) is 1. The third kappa shape index (κ3) is 7.01. The van der Waals surface area contributed by atoms with Gasteiger partial charge >= 0.3 is 0 Å². The number of aliphatic imine (C=N–C) groups is 1. The van der Waals surface area contributed by atoms with E-state index in [9.17, 15) is 18.0 Å². The Kier molecular flexibility index (Phi) is 10.0. The lowest BCUT2D eigenvalue weighted by Gasteiger charge is -2.26. The summed E-state index contributed by atoms with van der Waals surface area (Å²) in [5, 5.41) is 7.27. The van der Waals surface area contributed by atoms with Crippen LogP contribution in [0.2, 0.25) is 0 Å². The SMILES string of the molecule is C=CC(=O)N1CCn2nc(-c3nc4c5ccsc5c3-c3c(F)cc(F)cc3OCCOC/C=C/COc3cc(N)c(C=NCC(F)F)cc3-4)cc2C1. The van der Waals surface area contributed by atoms with Gasteiger partial charge in [0.05, 0.1) is 49.8 Å². The molecule has 1 amide bonds. The van der Waals surface area contributed by atoms with Gasteiger partial charge in [-0.15, -0.1) is 11.3 Å². The molecule has 268 valence electrons. The molecular formula is C37H32F4N6O4S. The van der Waals surface area contributed by atoms with Crippen LogP contribution in [0.25, 0.3) is 43.9 Å². The fourth-order valence-corrected chi connectivity index (χ4v) is 7.10. The highest BCUT2D eigenvalue weighted by molar-refractivity contribution is 7.18. The van der Waals surface area contributed by atoms with Crippen LogP contribution < -0.4 is 15.2 Å². The predicted octanol–water partition coefficient (Wildman–Crippen LogP) is 6.91. The number of aromatic nitrogens is 3. The average Bonchev–Trinajstić information content (AvgIpc) is 3.78. The number of amides is 1. The Balaban J connectivity index is 1.52. The van der Waals surface area contributed by atoms with Crippen molar-refractivity contribution in [1.29, 1.82) is 0 Å². The van der Waals surface area contributed by atoms with Crippen LogP contribution in [0.4, 0.5) is 23.2 Å². The Morgan fingerprint density at radius 2 is 1.88 bits per heavy atom. The number of nitrogens with zero attached hydrogens (tertiary/aromatic N) is 5. The van der Waals surface area contributed by atoms with Crippen LogP contribution >= 0.6 is 11.3 Å². The number of anilines is 1. The lowest BCUT2D eigenvalue weighted by Crippen LogP contribution is -2.37. The topological polar surface area (TPSA) is 117 Å². The Labute approximate surface area is 299 Å². The van der Waals surface area contributed by atoms with E-state index in [0.29, 0.717) is 62.7 Å². The minimum atomic E-state index is -2.64. The van der Waals surface area contributed by atoms with Gasteiger partial charge in [0.1, 0.15) is 47.7 Å². The number of pyridine rings is 1. The summed E-state index contributed by atoms with van der Waals surface area (Å²) in [4.78, 5) is 23.1. The van der Waals surface area contributed by atoms with Crippen LogP contribution in [0.1, 0.15) is 11.3 Å². The highest BCUT2D eigenvalue weighted by Gasteiger charge is 2.29.